The first-order valence-electron chi connectivity index (χ1n) is 5.21. The van der Waals surface area contributed by atoms with Gasteiger partial charge in [0, 0.05) is 18.2 Å². The van der Waals surface area contributed by atoms with Crippen molar-refractivity contribution in [1.29, 1.82) is 0 Å². The zero-order valence-electron chi connectivity index (χ0n) is 8.44. The summed E-state index contributed by atoms with van der Waals surface area (Å²) >= 11 is 0. The molecule has 0 spiro atoms. The molecule has 78 valence electrons. The average Bonchev–Trinajstić information content (AvgIpc) is 2.90. The van der Waals surface area contributed by atoms with Crippen LogP contribution in [0.15, 0.2) is 23.0 Å². The Hall–Kier alpha value is -0.800. The number of aliphatic hydroxyl groups excluding tert-OH is 1. The van der Waals surface area contributed by atoms with Crippen molar-refractivity contribution < 1.29 is 9.52 Å². The first-order chi connectivity index (χ1) is 6.77. The van der Waals surface area contributed by atoms with Gasteiger partial charge in [0.05, 0.1) is 18.6 Å². The maximum absolute atomic E-state index is 9.65. The van der Waals surface area contributed by atoms with Gasteiger partial charge < -0.3 is 14.8 Å². The summed E-state index contributed by atoms with van der Waals surface area (Å²) in [6, 6.07) is 2.20. The quantitative estimate of drug-likeness (QED) is 0.751. The van der Waals surface area contributed by atoms with Crippen molar-refractivity contribution >= 4 is 0 Å². The Morgan fingerprint density at radius 3 is 3.00 bits per heavy atom. The Morgan fingerprint density at radius 1 is 1.64 bits per heavy atom. The molecule has 1 saturated carbocycles. The second kappa shape index (κ2) is 4.15. The van der Waals surface area contributed by atoms with Gasteiger partial charge >= 0.3 is 0 Å². The molecule has 0 aromatic carbocycles. The molecule has 2 atom stereocenters. The Bertz CT molecular complexity index is 267. The van der Waals surface area contributed by atoms with E-state index in [-0.39, 0.29) is 12.1 Å². The van der Waals surface area contributed by atoms with E-state index in [1.807, 2.05) is 6.07 Å². The molecule has 2 N–H and O–H groups in total. The number of furan rings is 1. The Kier molecular flexibility index (Phi) is 2.89. The van der Waals surface area contributed by atoms with Crippen molar-refractivity contribution in [3.05, 3.63) is 24.2 Å². The summed E-state index contributed by atoms with van der Waals surface area (Å²) in [6.45, 7) is 2.75. The average molecular weight is 195 g/mol. The maximum atomic E-state index is 9.65. The molecule has 0 radical (unpaired) electrons. The summed E-state index contributed by atoms with van der Waals surface area (Å²) in [4.78, 5) is 0. The van der Waals surface area contributed by atoms with Crippen LogP contribution in [0, 0.1) is 5.92 Å². The van der Waals surface area contributed by atoms with Gasteiger partial charge in [-0.25, -0.2) is 0 Å². The lowest BCUT2D eigenvalue weighted by molar-refractivity contribution is 0.145. The van der Waals surface area contributed by atoms with Crippen molar-refractivity contribution in [2.45, 2.75) is 31.9 Å². The molecule has 3 heteroatoms. The highest BCUT2D eigenvalue weighted by atomic mass is 16.3. The lowest BCUT2D eigenvalue weighted by Gasteiger charge is -2.15. The van der Waals surface area contributed by atoms with Gasteiger partial charge in [0.2, 0.25) is 0 Å². The van der Waals surface area contributed by atoms with E-state index in [4.69, 9.17) is 4.42 Å². The number of rotatable bonds is 5. The molecule has 2 unspecified atom stereocenters. The van der Waals surface area contributed by atoms with E-state index >= 15 is 0 Å². The van der Waals surface area contributed by atoms with Gasteiger partial charge in [-0.05, 0) is 31.7 Å². The predicted octanol–water partition coefficient (Wildman–Crippen LogP) is 1.70. The smallest absolute Gasteiger partial charge is 0.0950 e. The zero-order chi connectivity index (χ0) is 9.97. The zero-order valence-corrected chi connectivity index (χ0v) is 8.44. The molecule has 1 heterocycles. The summed E-state index contributed by atoms with van der Waals surface area (Å²) in [5.74, 6) is 0.541. The number of hydrogen-bond donors (Lipinski definition) is 2. The van der Waals surface area contributed by atoms with E-state index in [1.165, 1.54) is 12.8 Å². The summed E-state index contributed by atoms with van der Waals surface area (Å²) < 4.78 is 5.00. The van der Waals surface area contributed by atoms with Crippen molar-refractivity contribution in [2.75, 3.05) is 6.54 Å². The van der Waals surface area contributed by atoms with Crippen molar-refractivity contribution in [1.82, 2.24) is 5.32 Å². The summed E-state index contributed by atoms with van der Waals surface area (Å²) in [7, 11) is 0. The molecule has 1 aliphatic rings. The van der Waals surface area contributed by atoms with E-state index in [0.717, 1.165) is 5.56 Å². The van der Waals surface area contributed by atoms with Crippen molar-refractivity contribution in [3.8, 4) is 0 Å². The highest BCUT2D eigenvalue weighted by Crippen LogP contribution is 2.32. The molecule has 1 fully saturated rings. The molecule has 3 nitrogen and oxygen atoms in total. The van der Waals surface area contributed by atoms with Gasteiger partial charge in [-0.15, -0.1) is 0 Å². The van der Waals surface area contributed by atoms with Crippen LogP contribution >= 0.6 is 0 Å². The molecule has 0 saturated heterocycles. The van der Waals surface area contributed by atoms with Crippen LogP contribution < -0.4 is 5.32 Å². The fourth-order valence-electron chi connectivity index (χ4n) is 1.58. The highest BCUT2D eigenvalue weighted by molar-refractivity contribution is 5.10. The molecular weight excluding hydrogens is 178 g/mol. The lowest BCUT2D eigenvalue weighted by atomic mass is 10.1. The van der Waals surface area contributed by atoms with E-state index in [9.17, 15) is 5.11 Å². The predicted molar refractivity (Wildman–Crippen MR) is 53.9 cm³/mol. The monoisotopic (exact) mass is 195 g/mol. The Balaban J connectivity index is 1.74. The van der Waals surface area contributed by atoms with E-state index in [2.05, 4.69) is 12.2 Å². The van der Waals surface area contributed by atoms with E-state index in [1.54, 1.807) is 12.5 Å². The van der Waals surface area contributed by atoms with Crippen LogP contribution in [-0.2, 0) is 0 Å². The molecule has 1 aliphatic carbocycles. The standard InChI is InChI=1S/C11H17NO2/c1-8(10-4-5-14-7-10)12-6-11(13)9-2-3-9/h4-5,7-9,11-13H,2-3,6H2,1H3. The molecule has 0 amide bonds. The summed E-state index contributed by atoms with van der Waals surface area (Å²) in [5.41, 5.74) is 1.13. The fraction of sp³-hybridized carbons (Fsp3) is 0.636. The van der Waals surface area contributed by atoms with Crippen molar-refractivity contribution in [2.24, 2.45) is 5.92 Å². The van der Waals surface area contributed by atoms with Crippen LogP contribution in [-0.4, -0.2) is 17.8 Å². The van der Waals surface area contributed by atoms with Gasteiger partial charge in [0.1, 0.15) is 0 Å². The van der Waals surface area contributed by atoms with Gasteiger partial charge in [0.15, 0.2) is 0 Å². The highest BCUT2D eigenvalue weighted by Gasteiger charge is 2.29. The van der Waals surface area contributed by atoms with Crippen LogP contribution in [0.5, 0.6) is 0 Å². The van der Waals surface area contributed by atoms with Crippen molar-refractivity contribution in [3.63, 3.8) is 0 Å². The lowest BCUT2D eigenvalue weighted by Crippen LogP contribution is -2.30. The third kappa shape index (κ3) is 2.36. The largest absolute Gasteiger partial charge is 0.472 e. The third-order valence-electron chi connectivity index (χ3n) is 2.84. The third-order valence-corrected chi connectivity index (χ3v) is 2.84. The SMILES string of the molecule is CC(NCC(O)C1CC1)c1ccoc1. The molecule has 1 aromatic rings. The van der Waals surface area contributed by atoms with Gasteiger partial charge in [-0.3, -0.25) is 0 Å². The second-order valence-corrected chi connectivity index (χ2v) is 4.09. The Labute approximate surface area is 84.1 Å². The molecule has 0 bridgehead atoms. The van der Waals surface area contributed by atoms with Gasteiger partial charge in [0.25, 0.3) is 0 Å². The first-order valence-corrected chi connectivity index (χ1v) is 5.21. The summed E-state index contributed by atoms with van der Waals surface area (Å²) in [5, 5.41) is 12.9. The van der Waals surface area contributed by atoms with Crippen LogP contribution in [0.25, 0.3) is 0 Å². The molecule has 1 aromatic heterocycles. The second-order valence-electron chi connectivity index (χ2n) is 4.09. The van der Waals surface area contributed by atoms with Crippen LogP contribution in [0.2, 0.25) is 0 Å². The topological polar surface area (TPSA) is 45.4 Å². The summed E-state index contributed by atoms with van der Waals surface area (Å²) in [6.07, 6.45) is 5.60. The molecule has 0 aliphatic heterocycles. The van der Waals surface area contributed by atoms with Gasteiger partial charge in [-0.2, -0.15) is 0 Å². The maximum Gasteiger partial charge on any atom is 0.0950 e. The van der Waals surface area contributed by atoms with Crippen LogP contribution in [0.4, 0.5) is 0 Å². The minimum absolute atomic E-state index is 0.177. The van der Waals surface area contributed by atoms with E-state index in [0.29, 0.717) is 12.5 Å². The Morgan fingerprint density at radius 2 is 2.43 bits per heavy atom. The number of hydrogen-bond acceptors (Lipinski definition) is 3. The minimum Gasteiger partial charge on any atom is -0.472 e. The molecule has 14 heavy (non-hydrogen) atoms. The first kappa shape index (κ1) is 9.74. The number of aliphatic hydroxyl groups is 1. The fourth-order valence-corrected chi connectivity index (χ4v) is 1.58. The molecular formula is C11H17NO2. The molecule has 2 rings (SSSR count). The van der Waals surface area contributed by atoms with Crippen LogP contribution in [0.3, 0.4) is 0 Å². The minimum atomic E-state index is -0.177. The normalized spacial score (nSPS) is 20.7. The van der Waals surface area contributed by atoms with Gasteiger partial charge in [-0.1, -0.05) is 0 Å². The number of nitrogens with one attached hydrogen (secondary N) is 1. The van der Waals surface area contributed by atoms with Crippen LogP contribution in [0.1, 0.15) is 31.4 Å². The van der Waals surface area contributed by atoms with E-state index < -0.39 is 0 Å².